The number of anilines is 1. The number of nitrogens with one attached hydrogen (secondary N) is 1. The van der Waals surface area contributed by atoms with Gasteiger partial charge in [0.1, 0.15) is 5.75 Å². The van der Waals surface area contributed by atoms with Gasteiger partial charge in [0.2, 0.25) is 0 Å². The van der Waals surface area contributed by atoms with Crippen molar-refractivity contribution in [3.8, 4) is 5.75 Å². The number of para-hydroxylation sites is 1. The van der Waals surface area contributed by atoms with Gasteiger partial charge in [-0.05, 0) is 49.1 Å². The largest absolute Gasteiger partial charge is 0.484 e. The van der Waals surface area contributed by atoms with Crippen molar-refractivity contribution in [1.29, 1.82) is 0 Å². The van der Waals surface area contributed by atoms with Gasteiger partial charge in [-0.25, -0.2) is 0 Å². The molecule has 5 nitrogen and oxygen atoms in total. The number of ether oxygens (including phenoxy) is 1. The maximum absolute atomic E-state index is 12.9. The van der Waals surface area contributed by atoms with Crippen LogP contribution in [-0.2, 0) is 11.2 Å². The Labute approximate surface area is 166 Å². The van der Waals surface area contributed by atoms with E-state index in [1.807, 2.05) is 41.3 Å². The molecule has 0 atom stereocenters. The highest BCUT2D eigenvalue weighted by molar-refractivity contribution is 6.04. The normalized spacial score (nSPS) is 14.2. The molecular weight excluding hydrogens is 352 g/mol. The lowest BCUT2D eigenvalue weighted by atomic mass is 10.1. The molecule has 2 aromatic carbocycles. The van der Waals surface area contributed by atoms with E-state index in [9.17, 15) is 9.59 Å². The van der Waals surface area contributed by atoms with E-state index < -0.39 is 0 Å². The first-order valence-electron chi connectivity index (χ1n) is 10.1. The van der Waals surface area contributed by atoms with E-state index in [1.165, 1.54) is 18.4 Å². The van der Waals surface area contributed by atoms with Crippen LogP contribution in [0.3, 0.4) is 0 Å². The van der Waals surface area contributed by atoms with Gasteiger partial charge in [0, 0.05) is 13.1 Å². The molecule has 0 aliphatic carbocycles. The molecule has 0 spiro atoms. The highest BCUT2D eigenvalue weighted by atomic mass is 16.5. The Hall–Kier alpha value is -2.82. The Morgan fingerprint density at radius 2 is 1.64 bits per heavy atom. The van der Waals surface area contributed by atoms with Crippen molar-refractivity contribution in [2.24, 2.45) is 0 Å². The molecule has 1 aliphatic heterocycles. The zero-order valence-corrected chi connectivity index (χ0v) is 16.4. The third kappa shape index (κ3) is 5.35. The van der Waals surface area contributed by atoms with Gasteiger partial charge in [0.15, 0.2) is 6.61 Å². The summed E-state index contributed by atoms with van der Waals surface area (Å²) in [4.78, 5) is 27.2. The maximum atomic E-state index is 12.9. The quantitative estimate of drug-likeness (QED) is 0.814. The highest BCUT2D eigenvalue weighted by Crippen LogP contribution is 2.20. The molecule has 0 bridgehead atoms. The molecule has 148 valence electrons. The summed E-state index contributed by atoms with van der Waals surface area (Å²) in [6, 6.07) is 14.9. The molecule has 0 radical (unpaired) electrons. The fourth-order valence-electron chi connectivity index (χ4n) is 3.38. The number of hydrogen-bond donors (Lipinski definition) is 1. The number of carbonyl (C=O) groups is 2. The van der Waals surface area contributed by atoms with Crippen LogP contribution >= 0.6 is 0 Å². The predicted octanol–water partition coefficient (Wildman–Crippen LogP) is 4.28. The molecule has 3 rings (SSSR count). The molecule has 0 unspecified atom stereocenters. The van der Waals surface area contributed by atoms with E-state index in [2.05, 4.69) is 12.2 Å². The minimum absolute atomic E-state index is 0.0196. The SMILES string of the molecule is CCc1ccc(OCC(=O)Nc2ccccc2C(=O)N2CCCCCC2)cc1. The molecule has 2 amide bonds. The third-order valence-corrected chi connectivity index (χ3v) is 5.03. The first-order chi connectivity index (χ1) is 13.7. The Kier molecular flexibility index (Phi) is 7.06. The number of hydrogen-bond acceptors (Lipinski definition) is 3. The molecule has 28 heavy (non-hydrogen) atoms. The average molecular weight is 380 g/mol. The van der Waals surface area contributed by atoms with Crippen LogP contribution < -0.4 is 10.1 Å². The van der Waals surface area contributed by atoms with Crippen LogP contribution in [-0.4, -0.2) is 36.4 Å². The van der Waals surface area contributed by atoms with Gasteiger partial charge in [0.25, 0.3) is 11.8 Å². The first-order valence-corrected chi connectivity index (χ1v) is 10.1. The molecule has 2 aromatic rings. The van der Waals surface area contributed by atoms with Crippen LogP contribution in [0, 0.1) is 0 Å². The summed E-state index contributed by atoms with van der Waals surface area (Å²) >= 11 is 0. The molecule has 1 saturated heterocycles. The maximum Gasteiger partial charge on any atom is 0.262 e. The summed E-state index contributed by atoms with van der Waals surface area (Å²) in [5.41, 5.74) is 2.29. The lowest BCUT2D eigenvalue weighted by Gasteiger charge is -2.22. The van der Waals surface area contributed by atoms with Crippen molar-refractivity contribution in [3.05, 3.63) is 59.7 Å². The van der Waals surface area contributed by atoms with E-state index in [-0.39, 0.29) is 18.4 Å². The topological polar surface area (TPSA) is 58.6 Å². The average Bonchev–Trinajstić information content (AvgIpc) is 3.02. The second-order valence-electron chi connectivity index (χ2n) is 7.09. The summed E-state index contributed by atoms with van der Waals surface area (Å²) in [5, 5.41) is 2.83. The Bertz CT molecular complexity index is 794. The molecule has 0 saturated carbocycles. The number of aryl methyl sites for hydroxylation is 1. The summed E-state index contributed by atoms with van der Waals surface area (Å²) in [6.45, 7) is 3.54. The molecule has 1 heterocycles. The second kappa shape index (κ2) is 9.93. The Morgan fingerprint density at radius 1 is 0.964 bits per heavy atom. The number of likely N-dealkylation sites (tertiary alicyclic amines) is 1. The fraction of sp³-hybridized carbons (Fsp3) is 0.391. The van der Waals surface area contributed by atoms with Crippen molar-refractivity contribution in [2.75, 3.05) is 25.0 Å². The smallest absolute Gasteiger partial charge is 0.262 e. The fourth-order valence-corrected chi connectivity index (χ4v) is 3.38. The van der Waals surface area contributed by atoms with Crippen molar-refractivity contribution in [1.82, 2.24) is 4.90 Å². The highest BCUT2D eigenvalue weighted by Gasteiger charge is 2.20. The van der Waals surface area contributed by atoms with Crippen molar-refractivity contribution < 1.29 is 14.3 Å². The number of benzene rings is 2. The number of amides is 2. The third-order valence-electron chi connectivity index (χ3n) is 5.03. The van der Waals surface area contributed by atoms with Crippen molar-refractivity contribution in [2.45, 2.75) is 39.0 Å². The van der Waals surface area contributed by atoms with Crippen molar-refractivity contribution >= 4 is 17.5 Å². The van der Waals surface area contributed by atoms with Gasteiger partial charge in [-0.15, -0.1) is 0 Å². The summed E-state index contributed by atoms with van der Waals surface area (Å²) in [5.74, 6) is 0.353. The zero-order valence-electron chi connectivity index (χ0n) is 16.4. The van der Waals surface area contributed by atoms with Crippen LogP contribution in [0.25, 0.3) is 0 Å². The number of nitrogens with zero attached hydrogens (tertiary/aromatic N) is 1. The van der Waals surface area contributed by atoms with Gasteiger partial charge in [0.05, 0.1) is 11.3 Å². The molecule has 1 fully saturated rings. The zero-order chi connectivity index (χ0) is 19.8. The summed E-state index contributed by atoms with van der Waals surface area (Å²) in [7, 11) is 0. The number of rotatable bonds is 6. The van der Waals surface area contributed by atoms with Gasteiger partial charge in [-0.2, -0.15) is 0 Å². The van der Waals surface area contributed by atoms with Gasteiger partial charge >= 0.3 is 0 Å². The summed E-state index contributed by atoms with van der Waals surface area (Å²) in [6.07, 6.45) is 5.36. The van der Waals surface area contributed by atoms with E-state index in [1.54, 1.807) is 12.1 Å². The van der Waals surface area contributed by atoms with Crippen LogP contribution in [0.5, 0.6) is 5.75 Å². The minimum atomic E-state index is -0.282. The molecular formula is C23H28N2O3. The van der Waals surface area contributed by atoms with E-state index in [0.717, 1.165) is 32.4 Å². The molecule has 1 aliphatic rings. The number of carbonyl (C=O) groups excluding carboxylic acids is 2. The van der Waals surface area contributed by atoms with Gasteiger partial charge < -0.3 is 15.0 Å². The monoisotopic (exact) mass is 380 g/mol. The lowest BCUT2D eigenvalue weighted by molar-refractivity contribution is -0.118. The van der Waals surface area contributed by atoms with Crippen molar-refractivity contribution in [3.63, 3.8) is 0 Å². The predicted molar refractivity (Wildman–Crippen MR) is 111 cm³/mol. The van der Waals surface area contributed by atoms with Crippen LogP contribution in [0.4, 0.5) is 5.69 Å². The van der Waals surface area contributed by atoms with Gasteiger partial charge in [-0.3, -0.25) is 9.59 Å². The van der Waals surface area contributed by atoms with Crippen LogP contribution in [0.15, 0.2) is 48.5 Å². The molecule has 1 N–H and O–H groups in total. The van der Waals surface area contributed by atoms with E-state index in [4.69, 9.17) is 4.74 Å². The Balaban J connectivity index is 1.61. The van der Waals surface area contributed by atoms with Gasteiger partial charge in [-0.1, -0.05) is 44.0 Å². The van der Waals surface area contributed by atoms with Crippen LogP contribution in [0.1, 0.15) is 48.5 Å². The standard InChI is InChI=1S/C23H28N2O3/c1-2-18-11-13-19(14-12-18)28-17-22(26)24-21-10-6-5-9-20(21)23(27)25-15-7-3-4-8-16-25/h5-6,9-14H,2-4,7-8,15-17H2,1H3,(H,24,26). The molecule has 0 aromatic heterocycles. The molecule has 5 heteroatoms. The first kappa shape index (κ1) is 19.9. The summed E-state index contributed by atoms with van der Waals surface area (Å²) < 4.78 is 5.57. The minimum Gasteiger partial charge on any atom is -0.484 e. The Morgan fingerprint density at radius 3 is 2.32 bits per heavy atom. The van der Waals surface area contributed by atoms with E-state index in [0.29, 0.717) is 17.0 Å². The lowest BCUT2D eigenvalue weighted by Crippen LogP contribution is -2.33. The van der Waals surface area contributed by atoms with Crippen LogP contribution in [0.2, 0.25) is 0 Å². The second-order valence-corrected chi connectivity index (χ2v) is 7.09. The van der Waals surface area contributed by atoms with E-state index >= 15 is 0 Å².